The summed E-state index contributed by atoms with van der Waals surface area (Å²) in [5.74, 6) is 0.517. The third-order valence-electron chi connectivity index (χ3n) is 4.04. The Kier molecular flexibility index (Phi) is 4.51. The maximum Gasteiger partial charge on any atom is 0.204 e. The van der Waals surface area contributed by atoms with Crippen molar-refractivity contribution in [3.8, 4) is 11.4 Å². The van der Waals surface area contributed by atoms with Crippen LogP contribution in [0.25, 0.3) is 11.4 Å². The summed E-state index contributed by atoms with van der Waals surface area (Å²) in [5.41, 5.74) is 4.97. The molecule has 0 spiro atoms. The van der Waals surface area contributed by atoms with Crippen LogP contribution in [0.3, 0.4) is 0 Å². The number of nitrogens with zero attached hydrogens (tertiary/aromatic N) is 4. The Hall–Kier alpha value is -2.82. The highest BCUT2D eigenvalue weighted by Crippen LogP contribution is 2.15. The highest BCUT2D eigenvalue weighted by molar-refractivity contribution is 5.97. The largest absolute Gasteiger partial charge is 0.292 e. The molecule has 0 radical (unpaired) electrons. The predicted octanol–water partition coefficient (Wildman–Crippen LogP) is 3.40. The molecule has 24 heavy (non-hydrogen) atoms. The van der Waals surface area contributed by atoms with E-state index in [1.165, 1.54) is 10.4 Å². The van der Waals surface area contributed by atoms with E-state index >= 15 is 0 Å². The molecule has 2 aromatic carbocycles. The molecule has 0 N–H and O–H groups in total. The number of hydrogen-bond acceptors (Lipinski definition) is 4. The summed E-state index contributed by atoms with van der Waals surface area (Å²) < 4.78 is 0. The van der Waals surface area contributed by atoms with Gasteiger partial charge >= 0.3 is 0 Å². The van der Waals surface area contributed by atoms with E-state index in [1.54, 1.807) is 0 Å². The summed E-state index contributed by atoms with van der Waals surface area (Å²) in [5, 5.41) is 12.4. The monoisotopic (exact) mass is 320 g/mol. The van der Waals surface area contributed by atoms with E-state index in [4.69, 9.17) is 0 Å². The number of hydrogen-bond donors (Lipinski definition) is 0. The van der Waals surface area contributed by atoms with Crippen LogP contribution < -0.4 is 0 Å². The maximum absolute atomic E-state index is 12.4. The van der Waals surface area contributed by atoms with Gasteiger partial charge in [-0.2, -0.15) is 4.80 Å². The van der Waals surface area contributed by atoms with Crippen LogP contribution >= 0.6 is 0 Å². The number of ketones is 1. The molecule has 3 aromatic rings. The van der Waals surface area contributed by atoms with Gasteiger partial charge in [-0.3, -0.25) is 4.79 Å². The van der Waals surface area contributed by atoms with Crippen molar-refractivity contribution in [1.82, 2.24) is 20.2 Å². The van der Waals surface area contributed by atoms with Crippen LogP contribution in [0, 0.1) is 13.8 Å². The van der Waals surface area contributed by atoms with Crippen LogP contribution in [-0.4, -0.2) is 26.0 Å². The van der Waals surface area contributed by atoms with Crippen LogP contribution in [0.5, 0.6) is 0 Å². The van der Waals surface area contributed by atoms with Crippen molar-refractivity contribution < 1.29 is 4.79 Å². The molecule has 0 saturated heterocycles. The molecule has 5 heteroatoms. The summed E-state index contributed by atoms with van der Waals surface area (Å²) in [6.45, 7) is 6.15. The minimum Gasteiger partial charge on any atom is -0.292 e. The second kappa shape index (κ2) is 6.74. The SMILES string of the molecule is CCc1ccc(-c2nnn(CC(=O)c3ccc(C)cc3C)n2)cc1. The fourth-order valence-electron chi connectivity index (χ4n) is 2.66. The van der Waals surface area contributed by atoms with Crippen molar-refractivity contribution in [3.63, 3.8) is 0 Å². The fourth-order valence-corrected chi connectivity index (χ4v) is 2.66. The van der Waals surface area contributed by atoms with E-state index in [9.17, 15) is 4.79 Å². The summed E-state index contributed by atoms with van der Waals surface area (Å²) >= 11 is 0. The number of tetrazole rings is 1. The minimum atomic E-state index is -0.0159. The maximum atomic E-state index is 12.4. The lowest BCUT2D eigenvalue weighted by molar-refractivity contribution is 0.0961. The van der Waals surface area contributed by atoms with Gasteiger partial charge in [-0.1, -0.05) is 55.0 Å². The van der Waals surface area contributed by atoms with E-state index in [0.717, 1.165) is 23.1 Å². The molecule has 0 bridgehead atoms. The first-order chi connectivity index (χ1) is 11.6. The lowest BCUT2D eigenvalue weighted by Gasteiger charge is -2.05. The molecule has 0 saturated carbocycles. The van der Waals surface area contributed by atoms with Crippen molar-refractivity contribution in [3.05, 3.63) is 64.7 Å². The molecule has 0 unspecified atom stereocenters. The molecular weight excluding hydrogens is 300 g/mol. The first-order valence-electron chi connectivity index (χ1n) is 8.04. The van der Waals surface area contributed by atoms with E-state index in [0.29, 0.717) is 11.4 Å². The van der Waals surface area contributed by atoms with Gasteiger partial charge in [0, 0.05) is 11.1 Å². The third kappa shape index (κ3) is 3.40. The van der Waals surface area contributed by atoms with Crippen molar-refractivity contribution in [2.75, 3.05) is 0 Å². The number of rotatable bonds is 5. The van der Waals surface area contributed by atoms with Gasteiger partial charge < -0.3 is 0 Å². The predicted molar refractivity (Wildman–Crippen MR) is 92.9 cm³/mol. The summed E-state index contributed by atoms with van der Waals surface area (Å²) in [6, 6.07) is 13.9. The van der Waals surface area contributed by atoms with Gasteiger partial charge in [0.05, 0.1) is 0 Å². The van der Waals surface area contributed by atoms with Crippen molar-refractivity contribution in [2.24, 2.45) is 0 Å². The van der Waals surface area contributed by atoms with Gasteiger partial charge in [0.2, 0.25) is 5.82 Å². The molecule has 122 valence electrons. The highest BCUT2D eigenvalue weighted by atomic mass is 16.1. The topological polar surface area (TPSA) is 60.7 Å². The van der Waals surface area contributed by atoms with Crippen LogP contribution in [0.1, 0.15) is 34.0 Å². The second-order valence-electron chi connectivity index (χ2n) is 5.94. The molecule has 0 aliphatic heterocycles. The van der Waals surface area contributed by atoms with E-state index in [1.807, 2.05) is 44.2 Å². The number of aromatic nitrogens is 4. The fraction of sp³-hybridized carbons (Fsp3) is 0.263. The van der Waals surface area contributed by atoms with Gasteiger partial charge in [-0.25, -0.2) is 0 Å². The van der Waals surface area contributed by atoms with Gasteiger partial charge in [0.15, 0.2) is 5.78 Å². The lowest BCUT2D eigenvalue weighted by atomic mass is 10.0. The first kappa shape index (κ1) is 16.1. The van der Waals surface area contributed by atoms with Crippen molar-refractivity contribution in [1.29, 1.82) is 0 Å². The Morgan fingerprint density at radius 2 is 1.83 bits per heavy atom. The summed E-state index contributed by atoms with van der Waals surface area (Å²) in [4.78, 5) is 13.8. The first-order valence-corrected chi connectivity index (χ1v) is 8.04. The van der Waals surface area contributed by atoms with Crippen molar-refractivity contribution >= 4 is 5.78 Å². The van der Waals surface area contributed by atoms with Gasteiger partial charge in [-0.15, -0.1) is 10.2 Å². The normalized spacial score (nSPS) is 10.8. The highest BCUT2D eigenvalue weighted by Gasteiger charge is 2.13. The Balaban J connectivity index is 1.76. The smallest absolute Gasteiger partial charge is 0.204 e. The zero-order valence-electron chi connectivity index (χ0n) is 14.2. The van der Waals surface area contributed by atoms with Gasteiger partial charge in [0.1, 0.15) is 6.54 Å². The molecule has 0 aliphatic rings. The van der Waals surface area contributed by atoms with Gasteiger partial charge in [-0.05, 0) is 36.6 Å². The van der Waals surface area contributed by atoms with E-state index in [-0.39, 0.29) is 12.3 Å². The molecule has 5 nitrogen and oxygen atoms in total. The number of carbonyl (C=O) groups excluding carboxylic acids is 1. The molecule has 0 amide bonds. The second-order valence-corrected chi connectivity index (χ2v) is 5.94. The van der Waals surface area contributed by atoms with E-state index in [2.05, 4.69) is 34.5 Å². The zero-order chi connectivity index (χ0) is 17.1. The number of carbonyl (C=O) groups is 1. The molecule has 3 rings (SSSR count). The molecule has 0 fully saturated rings. The number of aryl methyl sites for hydroxylation is 3. The van der Waals surface area contributed by atoms with Crippen molar-refractivity contribution in [2.45, 2.75) is 33.7 Å². The van der Waals surface area contributed by atoms with Crippen LogP contribution in [0.15, 0.2) is 42.5 Å². The standard InChI is InChI=1S/C19H20N4O/c1-4-15-6-8-16(9-7-15)19-20-22-23(21-19)12-18(24)17-10-5-13(2)11-14(17)3/h5-11H,4,12H2,1-3H3. The summed E-state index contributed by atoms with van der Waals surface area (Å²) in [6.07, 6.45) is 0.991. The Morgan fingerprint density at radius 3 is 2.50 bits per heavy atom. The third-order valence-corrected chi connectivity index (χ3v) is 4.04. The molecule has 1 aromatic heterocycles. The van der Waals surface area contributed by atoms with Crippen LogP contribution in [0.2, 0.25) is 0 Å². The average molecular weight is 320 g/mol. The molecule has 0 atom stereocenters. The Bertz CT molecular complexity index is 865. The average Bonchev–Trinajstić information content (AvgIpc) is 3.03. The number of Topliss-reactive ketones (excluding diaryl/α,β-unsaturated/α-hetero) is 1. The van der Waals surface area contributed by atoms with E-state index < -0.39 is 0 Å². The van der Waals surface area contributed by atoms with Crippen LogP contribution in [-0.2, 0) is 13.0 Å². The molecule has 0 aliphatic carbocycles. The minimum absolute atomic E-state index is 0.0159. The quantitative estimate of drug-likeness (QED) is 0.676. The molecular formula is C19H20N4O. The Labute approximate surface area is 141 Å². The summed E-state index contributed by atoms with van der Waals surface area (Å²) in [7, 11) is 0. The zero-order valence-corrected chi connectivity index (χ0v) is 14.2. The molecule has 1 heterocycles. The number of benzene rings is 2. The lowest BCUT2D eigenvalue weighted by Crippen LogP contribution is -2.14. The van der Waals surface area contributed by atoms with Crippen LogP contribution in [0.4, 0.5) is 0 Å². The van der Waals surface area contributed by atoms with Gasteiger partial charge in [0.25, 0.3) is 0 Å². The Morgan fingerprint density at radius 1 is 1.08 bits per heavy atom.